The Labute approximate surface area is 127 Å². The molecule has 2 rings (SSSR count). The Morgan fingerprint density at radius 1 is 1.10 bits per heavy atom. The fraction of sp³-hybridized carbons (Fsp3) is 0.444. The summed E-state index contributed by atoms with van der Waals surface area (Å²) in [6.45, 7) is 6.82. The zero-order valence-electron chi connectivity index (χ0n) is 13.1. The van der Waals surface area contributed by atoms with Gasteiger partial charge < -0.3 is 10.2 Å². The summed E-state index contributed by atoms with van der Waals surface area (Å²) in [5.74, 6) is 0.996. The predicted octanol–water partition coefficient (Wildman–Crippen LogP) is 3.45. The first kappa shape index (κ1) is 15.8. The molecule has 0 aliphatic carbocycles. The molecule has 0 radical (unpaired) electrons. The van der Waals surface area contributed by atoms with E-state index in [1.807, 2.05) is 12.1 Å². The number of nitrogens with zero attached hydrogens (tertiary/aromatic N) is 1. The molecule has 3 nitrogen and oxygen atoms in total. The van der Waals surface area contributed by atoms with E-state index in [0.29, 0.717) is 6.54 Å². The van der Waals surface area contributed by atoms with Gasteiger partial charge in [0.25, 0.3) is 0 Å². The molecular weight excluding hydrogens is 260 g/mol. The Kier molecular flexibility index (Phi) is 5.59. The molecular formula is C18H26N2O. The lowest BCUT2D eigenvalue weighted by Gasteiger charge is -2.42. The molecule has 0 aliphatic rings. The first-order valence-corrected chi connectivity index (χ1v) is 7.75. The maximum atomic E-state index is 6.20. The summed E-state index contributed by atoms with van der Waals surface area (Å²) in [4.78, 5) is 2.44. The number of furan rings is 1. The van der Waals surface area contributed by atoms with Crippen LogP contribution < -0.4 is 5.73 Å². The molecule has 0 fully saturated rings. The second-order valence-electron chi connectivity index (χ2n) is 5.54. The lowest BCUT2D eigenvalue weighted by molar-refractivity contribution is 0.0791. The Morgan fingerprint density at radius 2 is 1.86 bits per heavy atom. The third kappa shape index (κ3) is 3.74. The van der Waals surface area contributed by atoms with Crippen LogP contribution in [0.25, 0.3) is 0 Å². The van der Waals surface area contributed by atoms with Gasteiger partial charge in [0.1, 0.15) is 5.76 Å². The highest BCUT2D eigenvalue weighted by molar-refractivity contribution is 5.18. The molecule has 0 bridgehead atoms. The molecule has 2 aromatic rings. The molecule has 114 valence electrons. The van der Waals surface area contributed by atoms with Gasteiger partial charge in [-0.15, -0.1) is 0 Å². The normalized spacial score (nSPS) is 14.3. The van der Waals surface area contributed by atoms with Gasteiger partial charge in [-0.1, -0.05) is 44.2 Å². The van der Waals surface area contributed by atoms with Crippen LogP contribution in [0.2, 0.25) is 0 Å². The van der Waals surface area contributed by atoms with Crippen LogP contribution in [0.3, 0.4) is 0 Å². The van der Waals surface area contributed by atoms with Crippen molar-refractivity contribution in [2.75, 3.05) is 13.1 Å². The van der Waals surface area contributed by atoms with Crippen LogP contribution in [-0.2, 0) is 13.0 Å². The Bertz CT molecular complexity index is 503. The van der Waals surface area contributed by atoms with E-state index >= 15 is 0 Å². The van der Waals surface area contributed by atoms with Crippen molar-refractivity contribution in [1.82, 2.24) is 4.90 Å². The Balaban J connectivity index is 2.21. The molecule has 1 aromatic heterocycles. The molecule has 21 heavy (non-hydrogen) atoms. The van der Waals surface area contributed by atoms with Gasteiger partial charge in [-0.25, -0.2) is 0 Å². The van der Waals surface area contributed by atoms with Gasteiger partial charge in [-0.3, -0.25) is 4.90 Å². The summed E-state index contributed by atoms with van der Waals surface area (Å²) in [5, 5.41) is 0. The Morgan fingerprint density at radius 3 is 2.38 bits per heavy atom. The lowest BCUT2D eigenvalue weighted by atomic mass is 9.86. The molecule has 0 saturated heterocycles. The van der Waals surface area contributed by atoms with E-state index < -0.39 is 0 Å². The Hall–Kier alpha value is -1.58. The van der Waals surface area contributed by atoms with Crippen LogP contribution in [0.5, 0.6) is 0 Å². The van der Waals surface area contributed by atoms with E-state index in [1.165, 1.54) is 5.56 Å². The summed E-state index contributed by atoms with van der Waals surface area (Å²) in [5.41, 5.74) is 7.51. The van der Waals surface area contributed by atoms with Crippen molar-refractivity contribution in [2.24, 2.45) is 5.73 Å². The smallest absolute Gasteiger partial charge is 0.117 e. The first-order chi connectivity index (χ1) is 10.2. The van der Waals surface area contributed by atoms with E-state index in [0.717, 1.165) is 31.7 Å². The largest absolute Gasteiger partial charge is 0.468 e. The molecule has 0 amide bonds. The van der Waals surface area contributed by atoms with E-state index in [-0.39, 0.29) is 5.54 Å². The van der Waals surface area contributed by atoms with Crippen LogP contribution in [0.4, 0.5) is 0 Å². The second-order valence-corrected chi connectivity index (χ2v) is 5.54. The highest BCUT2D eigenvalue weighted by Gasteiger charge is 2.33. The summed E-state index contributed by atoms with van der Waals surface area (Å²) in [7, 11) is 0. The number of hydrogen-bond acceptors (Lipinski definition) is 3. The number of nitrogens with two attached hydrogens (primary N) is 1. The van der Waals surface area contributed by atoms with Gasteiger partial charge >= 0.3 is 0 Å². The van der Waals surface area contributed by atoms with Crippen molar-refractivity contribution in [1.29, 1.82) is 0 Å². The van der Waals surface area contributed by atoms with Gasteiger partial charge in [0.05, 0.1) is 12.8 Å². The van der Waals surface area contributed by atoms with E-state index in [4.69, 9.17) is 10.2 Å². The second kappa shape index (κ2) is 7.43. The quantitative estimate of drug-likeness (QED) is 0.808. The number of hydrogen-bond donors (Lipinski definition) is 1. The topological polar surface area (TPSA) is 42.4 Å². The highest BCUT2D eigenvalue weighted by atomic mass is 16.3. The van der Waals surface area contributed by atoms with E-state index in [9.17, 15) is 0 Å². The fourth-order valence-electron chi connectivity index (χ4n) is 2.99. The molecule has 1 unspecified atom stereocenters. The number of likely N-dealkylation sites (N-methyl/N-ethyl adjacent to an activating group) is 1. The van der Waals surface area contributed by atoms with Gasteiger partial charge in [-0.05, 0) is 37.1 Å². The molecule has 2 N–H and O–H groups in total. The monoisotopic (exact) mass is 286 g/mol. The summed E-state index contributed by atoms with van der Waals surface area (Å²) < 4.78 is 5.52. The van der Waals surface area contributed by atoms with Gasteiger partial charge in [0.15, 0.2) is 0 Å². The van der Waals surface area contributed by atoms with Crippen molar-refractivity contribution in [2.45, 2.75) is 38.8 Å². The molecule has 1 heterocycles. The lowest BCUT2D eigenvalue weighted by Crippen LogP contribution is -2.54. The van der Waals surface area contributed by atoms with Gasteiger partial charge in [0, 0.05) is 12.1 Å². The van der Waals surface area contributed by atoms with E-state index in [2.05, 4.69) is 49.1 Å². The molecule has 0 aliphatic heterocycles. The maximum Gasteiger partial charge on any atom is 0.117 e. The van der Waals surface area contributed by atoms with Crippen LogP contribution >= 0.6 is 0 Å². The van der Waals surface area contributed by atoms with Crippen molar-refractivity contribution >= 4 is 0 Å². The highest BCUT2D eigenvalue weighted by Crippen LogP contribution is 2.26. The fourth-order valence-corrected chi connectivity index (χ4v) is 2.99. The van der Waals surface area contributed by atoms with Crippen molar-refractivity contribution in [3.05, 3.63) is 60.1 Å². The van der Waals surface area contributed by atoms with Crippen molar-refractivity contribution < 1.29 is 4.42 Å². The van der Waals surface area contributed by atoms with Crippen LogP contribution in [0, 0.1) is 0 Å². The third-order valence-corrected chi connectivity index (χ3v) is 4.39. The van der Waals surface area contributed by atoms with Gasteiger partial charge in [0.2, 0.25) is 0 Å². The maximum absolute atomic E-state index is 6.20. The number of rotatable bonds is 8. The van der Waals surface area contributed by atoms with E-state index in [1.54, 1.807) is 6.26 Å². The minimum absolute atomic E-state index is 0.0249. The summed E-state index contributed by atoms with van der Waals surface area (Å²) >= 11 is 0. The van der Waals surface area contributed by atoms with Crippen LogP contribution in [0.1, 0.15) is 31.6 Å². The minimum Gasteiger partial charge on any atom is -0.468 e. The zero-order valence-corrected chi connectivity index (χ0v) is 13.1. The zero-order chi connectivity index (χ0) is 15.1. The summed E-state index contributed by atoms with van der Waals surface area (Å²) in [6, 6.07) is 14.6. The standard InChI is InChI=1S/C18H26N2O/c1-3-18(15-19,13-16-9-6-5-7-10-16)20(4-2)14-17-11-8-12-21-17/h5-12H,3-4,13-15,19H2,1-2H3. The SMILES string of the molecule is CCN(Cc1ccco1)C(CC)(CN)Cc1ccccc1. The molecule has 0 spiro atoms. The van der Waals surface area contributed by atoms with Crippen LogP contribution in [0.15, 0.2) is 53.1 Å². The van der Waals surface area contributed by atoms with Gasteiger partial charge in [-0.2, -0.15) is 0 Å². The first-order valence-electron chi connectivity index (χ1n) is 7.75. The molecule has 3 heteroatoms. The molecule has 1 aromatic carbocycles. The predicted molar refractivity (Wildman–Crippen MR) is 87.0 cm³/mol. The van der Waals surface area contributed by atoms with Crippen LogP contribution in [-0.4, -0.2) is 23.5 Å². The molecule has 0 saturated carbocycles. The third-order valence-electron chi connectivity index (χ3n) is 4.39. The summed E-state index contributed by atoms with van der Waals surface area (Å²) in [6.07, 6.45) is 3.72. The average Bonchev–Trinajstić information content (AvgIpc) is 3.05. The number of benzene rings is 1. The van der Waals surface area contributed by atoms with Crippen molar-refractivity contribution in [3.63, 3.8) is 0 Å². The molecule has 1 atom stereocenters. The minimum atomic E-state index is -0.0249. The average molecular weight is 286 g/mol. The van der Waals surface area contributed by atoms with Crippen molar-refractivity contribution in [3.8, 4) is 0 Å².